The average Bonchev–Trinajstić information content (AvgIpc) is 3.20. The van der Waals surface area contributed by atoms with Crippen molar-refractivity contribution in [2.45, 2.75) is 12.3 Å². The second-order valence-electron chi connectivity index (χ2n) is 4.94. The Morgan fingerprint density at radius 1 is 1.21 bits per heavy atom. The molecule has 19 heavy (non-hydrogen) atoms. The predicted molar refractivity (Wildman–Crippen MR) is 72.0 cm³/mol. The molecular formula is C14H21NO4. The summed E-state index contributed by atoms with van der Waals surface area (Å²) in [7, 11) is 4.77. The predicted octanol–water partition coefficient (Wildman–Crippen LogP) is 1.14. The molecule has 1 aromatic carbocycles. The number of benzene rings is 1. The molecule has 0 aromatic heterocycles. The minimum Gasteiger partial charge on any atom is -0.493 e. The van der Waals surface area contributed by atoms with Crippen molar-refractivity contribution in [3.63, 3.8) is 0 Å². The molecule has 0 bridgehead atoms. The summed E-state index contributed by atoms with van der Waals surface area (Å²) in [4.78, 5) is 0. The highest BCUT2D eigenvalue weighted by atomic mass is 16.5. The van der Waals surface area contributed by atoms with E-state index in [9.17, 15) is 5.11 Å². The van der Waals surface area contributed by atoms with Crippen molar-refractivity contribution >= 4 is 0 Å². The van der Waals surface area contributed by atoms with Crippen LogP contribution in [0.25, 0.3) is 0 Å². The molecule has 1 aromatic rings. The maximum Gasteiger partial charge on any atom is 0.203 e. The SMILES string of the molecule is COc1cc(C2CC2(CN)CO)cc(OC)c1OC. The van der Waals surface area contributed by atoms with E-state index in [0.717, 1.165) is 12.0 Å². The molecule has 2 rings (SSSR count). The topological polar surface area (TPSA) is 73.9 Å². The van der Waals surface area contributed by atoms with Crippen molar-refractivity contribution in [1.82, 2.24) is 0 Å². The van der Waals surface area contributed by atoms with Crippen LogP contribution in [0.3, 0.4) is 0 Å². The van der Waals surface area contributed by atoms with Crippen molar-refractivity contribution in [1.29, 1.82) is 0 Å². The summed E-state index contributed by atoms with van der Waals surface area (Å²) in [5.41, 5.74) is 6.63. The van der Waals surface area contributed by atoms with Gasteiger partial charge in [-0.2, -0.15) is 0 Å². The van der Waals surface area contributed by atoms with E-state index in [1.807, 2.05) is 12.1 Å². The van der Waals surface area contributed by atoms with Crippen LogP contribution in [-0.4, -0.2) is 39.6 Å². The summed E-state index contributed by atoms with van der Waals surface area (Å²) < 4.78 is 16.0. The van der Waals surface area contributed by atoms with Crippen LogP contribution in [0.15, 0.2) is 12.1 Å². The van der Waals surface area contributed by atoms with Gasteiger partial charge in [-0.25, -0.2) is 0 Å². The van der Waals surface area contributed by atoms with Crippen LogP contribution in [-0.2, 0) is 0 Å². The lowest BCUT2D eigenvalue weighted by Gasteiger charge is -2.16. The van der Waals surface area contributed by atoms with Crippen LogP contribution in [0.5, 0.6) is 17.2 Å². The maximum absolute atomic E-state index is 9.47. The van der Waals surface area contributed by atoms with Crippen molar-refractivity contribution < 1.29 is 19.3 Å². The number of aliphatic hydroxyl groups excluding tert-OH is 1. The van der Waals surface area contributed by atoms with Crippen molar-refractivity contribution in [2.75, 3.05) is 34.5 Å². The van der Waals surface area contributed by atoms with Gasteiger partial charge < -0.3 is 25.1 Å². The highest BCUT2D eigenvalue weighted by Crippen LogP contribution is 2.59. The molecule has 1 aliphatic rings. The maximum atomic E-state index is 9.47. The van der Waals surface area contributed by atoms with Crippen LogP contribution in [0.2, 0.25) is 0 Å². The van der Waals surface area contributed by atoms with Gasteiger partial charge >= 0.3 is 0 Å². The van der Waals surface area contributed by atoms with Gasteiger partial charge in [-0.3, -0.25) is 0 Å². The highest BCUT2D eigenvalue weighted by molar-refractivity contribution is 5.55. The van der Waals surface area contributed by atoms with E-state index in [-0.39, 0.29) is 17.9 Å². The summed E-state index contributed by atoms with van der Waals surface area (Å²) in [5, 5.41) is 9.47. The van der Waals surface area contributed by atoms with E-state index in [4.69, 9.17) is 19.9 Å². The first-order chi connectivity index (χ1) is 9.15. The Morgan fingerprint density at radius 3 is 2.11 bits per heavy atom. The zero-order valence-electron chi connectivity index (χ0n) is 11.6. The van der Waals surface area contributed by atoms with Gasteiger partial charge in [0.2, 0.25) is 5.75 Å². The minimum atomic E-state index is -0.190. The molecule has 1 saturated carbocycles. The van der Waals surface area contributed by atoms with Gasteiger partial charge in [0, 0.05) is 12.0 Å². The average molecular weight is 267 g/mol. The highest BCUT2D eigenvalue weighted by Gasteiger charge is 2.53. The molecule has 1 aliphatic carbocycles. The van der Waals surface area contributed by atoms with E-state index in [2.05, 4.69) is 0 Å². The van der Waals surface area contributed by atoms with Gasteiger partial charge in [-0.05, 0) is 30.0 Å². The molecule has 0 spiro atoms. The third kappa shape index (κ3) is 2.24. The first-order valence-electron chi connectivity index (χ1n) is 6.26. The fourth-order valence-electron chi connectivity index (χ4n) is 2.59. The smallest absolute Gasteiger partial charge is 0.203 e. The molecule has 5 nitrogen and oxygen atoms in total. The van der Waals surface area contributed by atoms with Gasteiger partial charge in [-0.15, -0.1) is 0 Å². The van der Waals surface area contributed by atoms with Crippen LogP contribution in [0.1, 0.15) is 17.9 Å². The lowest BCUT2D eigenvalue weighted by Crippen LogP contribution is -2.21. The first kappa shape index (κ1) is 14.0. The summed E-state index contributed by atoms with van der Waals surface area (Å²) in [5.74, 6) is 2.09. The first-order valence-corrected chi connectivity index (χ1v) is 6.26. The standard InChI is InChI=1S/C14H21NO4/c1-17-11-4-9(5-12(18-2)13(11)19-3)10-6-14(10,7-15)8-16/h4-5,10,16H,6-8,15H2,1-3H3. The van der Waals surface area contributed by atoms with Gasteiger partial charge in [-0.1, -0.05) is 0 Å². The van der Waals surface area contributed by atoms with E-state index in [1.165, 1.54) is 0 Å². The fourth-order valence-corrected chi connectivity index (χ4v) is 2.59. The molecule has 2 unspecified atom stereocenters. The summed E-state index contributed by atoms with van der Waals surface area (Å²) in [6.07, 6.45) is 0.888. The molecule has 0 saturated heterocycles. The minimum absolute atomic E-state index is 0.102. The van der Waals surface area contributed by atoms with Gasteiger partial charge in [0.25, 0.3) is 0 Å². The van der Waals surface area contributed by atoms with Crippen molar-refractivity contribution in [3.8, 4) is 17.2 Å². The van der Waals surface area contributed by atoms with E-state index in [0.29, 0.717) is 23.8 Å². The molecule has 3 N–H and O–H groups in total. The quantitative estimate of drug-likeness (QED) is 0.808. The van der Waals surface area contributed by atoms with Crippen LogP contribution in [0, 0.1) is 5.41 Å². The van der Waals surface area contributed by atoms with Crippen LogP contribution < -0.4 is 19.9 Å². The van der Waals surface area contributed by atoms with Crippen molar-refractivity contribution in [3.05, 3.63) is 17.7 Å². The van der Waals surface area contributed by atoms with Gasteiger partial charge in [0.05, 0.1) is 27.9 Å². The number of aliphatic hydroxyl groups is 1. The normalized spacial score (nSPS) is 25.0. The van der Waals surface area contributed by atoms with Crippen LogP contribution >= 0.6 is 0 Å². The Kier molecular flexibility index (Phi) is 3.87. The molecular weight excluding hydrogens is 246 g/mol. The second-order valence-corrected chi connectivity index (χ2v) is 4.94. The third-order valence-electron chi connectivity index (χ3n) is 4.00. The zero-order chi connectivity index (χ0) is 14.0. The molecule has 0 heterocycles. The fraction of sp³-hybridized carbons (Fsp3) is 0.571. The molecule has 0 amide bonds. The molecule has 1 fully saturated rings. The largest absolute Gasteiger partial charge is 0.493 e. The zero-order valence-corrected chi connectivity index (χ0v) is 11.6. The third-order valence-corrected chi connectivity index (χ3v) is 4.00. The lowest BCUT2D eigenvalue weighted by atomic mass is 9.99. The molecule has 0 radical (unpaired) electrons. The van der Waals surface area contributed by atoms with Gasteiger partial charge in [0.1, 0.15) is 0 Å². The number of rotatable bonds is 6. The Morgan fingerprint density at radius 2 is 1.79 bits per heavy atom. The number of ether oxygens (including phenoxy) is 3. The van der Waals surface area contributed by atoms with Crippen LogP contribution in [0.4, 0.5) is 0 Å². The lowest BCUT2D eigenvalue weighted by molar-refractivity contribution is 0.211. The summed E-state index contributed by atoms with van der Waals surface area (Å²) >= 11 is 0. The molecule has 0 aliphatic heterocycles. The second kappa shape index (κ2) is 5.27. The summed E-state index contributed by atoms with van der Waals surface area (Å²) in [6, 6.07) is 3.86. The number of hydrogen-bond acceptors (Lipinski definition) is 5. The number of hydrogen-bond donors (Lipinski definition) is 2. The number of methoxy groups -OCH3 is 3. The Balaban J connectivity index is 2.38. The monoisotopic (exact) mass is 267 g/mol. The Bertz CT molecular complexity index is 432. The molecule has 106 valence electrons. The summed E-state index contributed by atoms with van der Waals surface area (Å²) in [6.45, 7) is 0.579. The molecule has 2 atom stereocenters. The number of nitrogens with two attached hydrogens (primary N) is 1. The molecule has 5 heteroatoms. The Hall–Kier alpha value is -1.46. The van der Waals surface area contributed by atoms with E-state index >= 15 is 0 Å². The van der Waals surface area contributed by atoms with E-state index < -0.39 is 0 Å². The van der Waals surface area contributed by atoms with Crippen molar-refractivity contribution in [2.24, 2.45) is 11.1 Å². The Labute approximate surface area is 113 Å². The van der Waals surface area contributed by atoms with Gasteiger partial charge in [0.15, 0.2) is 11.5 Å². The van der Waals surface area contributed by atoms with E-state index in [1.54, 1.807) is 21.3 Å².